The Labute approximate surface area is 139 Å². The molecule has 2 aromatic rings. The summed E-state index contributed by atoms with van der Waals surface area (Å²) in [5, 5.41) is 14.0. The van der Waals surface area contributed by atoms with E-state index in [1.165, 1.54) is 0 Å². The first kappa shape index (κ1) is 15.4. The summed E-state index contributed by atoms with van der Waals surface area (Å²) < 4.78 is 13.3. The third-order valence-electron chi connectivity index (χ3n) is 4.84. The summed E-state index contributed by atoms with van der Waals surface area (Å²) in [6.45, 7) is 5.09. The number of furan rings is 1. The molecule has 7 nitrogen and oxygen atoms in total. The predicted octanol–water partition coefficient (Wildman–Crippen LogP) is 1.58. The Bertz CT molecular complexity index is 792. The van der Waals surface area contributed by atoms with Gasteiger partial charge in [-0.05, 0) is 26.0 Å². The summed E-state index contributed by atoms with van der Waals surface area (Å²) in [6.07, 6.45) is 3.72. The monoisotopic (exact) mass is 331 g/mol. The number of rotatable bonds is 3. The number of carbonyl (C=O) groups is 1. The van der Waals surface area contributed by atoms with E-state index in [1.807, 2.05) is 4.68 Å². The number of likely N-dealkylation sites (N-methyl/N-ethyl adjacent to an activating group) is 1. The lowest BCUT2D eigenvalue weighted by molar-refractivity contribution is -0.0290. The molecular weight excluding hydrogens is 310 g/mol. The Kier molecular flexibility index (Phi) is 3.69. The number of hydrogen-bond acceptors (Lipinski definition) is 5. The molecule has 0 amide bonds. The molecule has 1 aliphatic heterocycles. The van der Waals surface area contributed by atoms with E-state index >= 15 is 0 Å². The van der Waals surface area contributed by atoms with Gasteiger partial charge in [-0.25, -0.2) is 4.79 Å². The molecule has 0 saturated carbocycles. The van der Waals surface area contributed by atoms with Crippen LogP contribution in [0.2, 0.25) is 0 Å². The fourth-order valence-corrected chi connectivity index (χ4v) is 3.65. The van der Waals surface area contributed by atoms with Gasteiger partial charge in [0.15, 0.2) is 0 Å². The van der Waals surface area contributed by atoms with Crippen molar-refractivity contribution >= 4 is 5.97 Å². The number of morpholine rings is 1. The second kappa shape index (κ2) is 5.75. The van der Waals surface area contributed by atoms with E-state index < -0.39 is 5.97 Å². The molecule has 3 heterocycles. The lowest BCUT2D eigenvalue weighted by atomic mass is 9.94. The second-order valence-electron chi connectivity index (χ2n) is 6.64. The Morgan fingerprint density at radius 1 is 1.46 bits per heavy atom. The Balaban J connectivity index is 1.64. The van der Waals surface area contributed by atoms with E-state index in [1.54, 1.807) is 6.92 Å². The normalized spacial score (nSPS) is 20.7. The summed E-state index contributed by atoms with van der Waals surface area (Å²) >= 11 is 0. The zero-order valence-electron chi connectivity index (χ0n) is 13.9. The summed E-state index contributed by atoms with van der Waals surface area (Å²) in [5.74, 6) is -0.266. The molecule has 1 saturated heterocycles. The van der Waals surface area contributed by atoms with Crippen molar-refractivity contribution in [3.05, 3.63) is 28.8 Å². The van der Waals surface area contributed by atoms with Gasteiger partial charge >= 0.3 is 5.97 Å². The SMILES string of the molecule is Cc1c(C(=O)O)oc2c1-c1nn(C[C@@H]3CN(C)CCO3)cc1CC2. The summed E-state index contributed by atoms with van der Waals surface area (Å²) in [6, 6.07) is 0. The molecule has 24 heavy (non-hydrogen) atoms. The second-order valence-corrected chi connectivity index (χ2v) is 6.64. The lowest BCUT2D eigenvalue weighted by Gasteiger charge is -2.29. The van der Waals surface area contributed by atoms with Crippen LogP contribution in [0.5, 0.6) is 0 Å². The molecule has 128 valence electrons. The molecule has 0 spiro atoms. The van der Waals surface area contributed by atoms with Crippen LogP contribution in [-0.4, -0.2) is 58.6 Å². The molecule has 0 aromatic carbocycles. The van der Waals surface area contributed by atoms with Crippen LogP contribution in [0.3, 0.4) is 0 Å². The Morgan fingerprint density at radius 3 is 3.04 bits per heavy atom. The van der Waals surface area contributed by atoms with Crippen molar-refractivity contribution in [3.63, 3.8) is 0 Å². The molecule has 1 N–H and O–H groups in total. The molecular formula is C17H21N3O4. The zero-order chi connectivity index (χ0) is 16.8. The van der Waals surface area contributed by atoms with Gasteiger partial charge in [0.25, 0.3) is 0 Å². The standard InChI is InChI=1S/C17H21N3O4/c1-10-14-13(24-16(10)17(21)22)4-3-11-7-20(18-15(11)14)9-12-8-19(2)5-6-23-12/h7,12H,3-6,8-9H2,1-2H3,(H,21,22)/t12-/m0/s1. The summed E-state index contributed by atoms with van der Waals surface area (Å²) in [4.78, 5) is 13.6. The van der Waals surface area contributed by atoms with E-state index in [4.69, 9.17) is 14.3 Å². The first-order valence-corrected chi connectivity index (χ1v) is 8.25. The number of hydrogen-bond donors (Lipinski definition) is 1. The van der Waals surface area contributed by atoms with Crippen LogP contribution in [-0.2, 0) is 24.1 Å². The number of aryl methyl sites for hydroxylation is 2. The third-order valence-corrected chi connectivity index (χ3v) is 4.84. The number of aromatic nitrogens is 2. The van der Waals surface area contributed by atoms with E-state index in [-0.39, 0.29) is 11.9 Å². The van der Waals surface area contributed by atoms with Crippen molar-refractivity contribution in [2.75, 3.05) is 26.7 Å². The largest absolute Gasteiger partial charge is 0.475 e. The maximum Gasteiger partial charge on any atom is 0.372 e. The fraction of sp³-hybridized carbons (Fsp3) is 0.529. The Morgan fingerprint density at radius 2 is 2.29 bits per heavy atom. The van der Waals surface area contributed by atoms with Gasteiger partial charge in [0.05, 0.1) is 24.9 Å². The van der Waals surface area contributed by atoms with Crippen molar-refractivity contribution in [1.82, 2.24) is 14.7 Å². The number of carboxylic acids is 1. The number of carboxylic acid groups (broad SMARTS) is 1. The molecule has 2 aromatic heterocycles. The minimum absolute atomic E-state index is 0.0274. The topological polar surface area (TPSA) is 80.7 Å². The highest BCUT2D eigenvalue weighted by atomic mass is 16.5. The van der Waals surface area contributed by atoms with Crippen LogP contribution < -0.4 is 0 Å². The zero-order valence-corrected chi connectivity index (χ0v) is 13.9. The smallest absolute Gasteiger partial charge is 0.372 e. The van der Waals surface area contributed by atoms with Crippen molar-refractivity contribution in [2.45, 2.75) is 32.4 Å². The molecule has 4 rings (SSSR count). The molecule has 0 bridgehead atoms. The minimum Gasteiger partial charge on any atom is -0.475 e. The molecule has 0 radical (unpaired) electrons. The quantitative estimate of drug-likeness (QED) is 0.920. The molecule has 2 aliphatic rings. The number of nitrogens with zero attached hydrogens (tertiary/aromatic N) is 3. The van der Waals surface area contributed by atoms with Gasteiger partial charge in [0.2, 0.25) is 5.76 Å². The van der Waals surface area contributed by atoms with E-state index in [9.17, 15) is 9.90 Å². The lowest BCUT2D eigenvalue weighted by Crippen LogP contribution is -2.42. The van der Waals surface area contributed by atoms with Crippen LogP contribution >= 0.6 is 0 Å². The van der Waals surface area contributed by atoms with Crippen molar-refractivity contribution in [2.24, 2.45) is 0 Å². The number of fused-ring (bicyclic) bond motifs is 3. The van der Waals surface area contributed by atoms with E-state index in [2.05, 4.69) is 18.1 Å². The van der Waals surface area contributed by atoms with Crippen molar-refractivity contribution in [3.8, 4) is 11.3 Å². The first-order valence-electron chi connectivity index (χ1n) is 8.25. The minimum atomic E-state index is -1.03. The molecule has 1 fully saturated rings. The number of ether oxygens (including phenoxy) is 1. The average molecular weight is 331 g/mol. The van der Waals surface area contributed by atoms with Crippen LogP contribution in [0.15, 0.2) is 10.6 Å². The molecule has 7 heteroatoms. The van der Waals surface area contributed by atoms with Crippen molar-refractivity contribution < 1.29 is 19.1 Å². The van der Waals surface area contributed by atoms with Crippen LogP contribution in [0.1, 0.15) is 27.4 Å². The molecule has 1 aliphatic carbocycles. The summed E-state index contributed by atoms with van der Waals surface area (Å²) in [5.41, 5.74) is 3.52. The highest BCUT2D eigenvalue weighted by molar-refractivity contribution is 5.90. The van der Waals surface area contributed by atoms with Gasteiger partial charge in [0.1, 0.15) is 5.76 Å². The van der Waals surface area contributed by atoms with Gasteiger partial charge in [0, 0.05) is 36.8 Å². The van der Waals surface area contributed by atoms with Crippen molar-refractivity contribution in [1.29, 1.82) is 0 Å². The number of aromatic carboxylic acids is 1. The molecule has 1 atom stereocenters. The van der Waals surface area contributed by atoms with Gasteiger partial charge in [-0.3, -0.25) is 4.68 Å². The van der Waals surface area contributed by atoms with Gasteiger partial charge in [-0.15, -0.1) is 0 Å². The summed E-state index contributed by atoms with van der Waals surface area (Å²) in [7, 11) is 2.10. The molecule has 0 unspecified atom stereocenters. The first-order chi connectivity index (χ1) is 11.5. The van der Waals surface area contributed by atoms with Crippen LogP contribution in [0, 0.1) is 6.92 Å². The van der Waals surface area contributed by atoms with E-state index in [0.717, 1.165) is 48.7 Å². The van der Waals surface area contributed by atoms with Gasteiger partial charge in [-0.1, -0.05) is 0 Å². The average Bonchev–Trinajstić information content (AvgIpc) is 3.07. The van der Waals surface area contributed by atoms with Gasteiger partial charge < -0.3 is 19.2 Å². The van der Waals surface area contributed by atoms with Crippen LogP contribution in [0.4, 0.5) is 0 Å². The van der Waals surface area contributed by atoms with E-state index in [0.29, 0.717) is 18.5 Å². The fourth-order valence-electron chi connectivity index (χ4n) is 3.65. The highest BCUT2D eigenvalue weighted by Crippen LogP contribution is 2.38. The van der Waals surface area contributed by atoms with Crippen LogP contribution in [0.25, 0.3) is 11.3 Å². The maximum atomic E-state index is 11.3. The predicted molar refractivity (Wildman–Crippen MR) is 86.3 cm³/mol. The van der Waals surface area contributed by atoms with Gasteiger partial charge in [-0.2, -0.15) is 5.10 Å². The third kappa shape index (κ3) is 2.53. The highest BCUT2D eigenvalue weighted by Gasteiger charge is 2.30. The Hall–Kier alpha value is -2.12. The maximum absolute atomic E-state index is 11.3.